The van der Waals surface area contributed by atoms with Gasteiger partial charge in [-0.05, 0) is 32.9 Å². The second-order valence-electron chi connectivity index (χ2n) is 6.06. The van der Waals surface area contributed by atoms with Gasteiger partial charge in [0, 0.05) is 23.2 Å². The number of benzene rings is 1. The van der Waals surface area contributed by atoms with Crippen molar-refractivity contribution in [2.45, 2.75) is 52.8 Å². The van der Waals surface area contributed by atoms with E-state index >= 15 is 0 Å². The van der Waals surface area contributed by atoms with Crippen LogP contribution in [0.3, 0.4) is 0 Å². The monoisotopic (exact) mass is 299 g/mol. The molecule has 0 aromatic heterocycles. The summed E-state index contributed by atoms with van der Waals surface area (Å²) in [5.41, 5.74) is 0.860. The minimum Gasteiger partial charge on any atom is -0.491 e. The van der Waals surface area contributed by atoms with Crippen LogP contribution in [0.1, 0.15) is 40.2 Å². The van der Waals surface area contributed by atoms with Gasteiger partial charge in [-0.1, -0.05) is 31.5 Å². The zero-order valence-electron chi connectivity index (χ0n) is 13.1. The highest BCUT2D eigenvalue weighted by molar-refractivity contribution is 6.31. The highest BCUT2D eigenvalue weighted by Gasteiger charge is 2.11. The molecule has 0 aliphatic heterocycles. The van der Waals surface area contributed by atoms with Gasteiger partial charge in [0.1, 0.15) is 12.4 Å². The van der Waals surface area contributed by atoms with Gasteiger partial charge in [0.25, 0.3) is 0 Å². The quantitative estimate of drug-likeness (QED) is 0.771. The Balaban J connectivity index is 2.58. The molecule has 1 rings (SSSR count). The molecule has 3 nitrogen and oxygen atoms in total. The molecule has 114 valence electrons. The Morgan fingerprint density at radius 3 is 2.50 bits per heavy atom. The van der Waals surface area contributed by atoms with Crippen molar-refractivity contribution in [2.24, 2.45) is 0 Å². The third-order valence-electron chi connectivity index (χ3n) is 2.64. The summed E-state index contributed by atoms with van der Waals surface area (Å²) in [5.74, 6) is 0.822. The van der Waals surface area contributed by atoms with Gasteiger partial charge in [-0.3, -0.25) is 0 Å². The van der Waals surface area contributed by atoms with Crippen molar-refractivity contribution in [3.05, 3.63) is 28.8 Å². The maximum atomic E-state index is 6.25. The van der Waals surface area contributed by atoms with Crippen molar-refractivity contribution in [3.8, 4) is 5.75 Å². The molecule has 0 aliphatic rings. The molecule has 20 heavy (non-hydrogen) atoms. The first kappa shape index (κ1) is 17.3. The third-order valence-corrected chi connectivity index (χ3v) is 2.99. The van der Waals surface area contributed by atoms with Gasteiger partial charge in [0.2, 0.25) is 0 Å². The number of rotatable bonds is 7. The molecule has 1 aromatic carbocycles. The predicted molar refractivity (Wildman–Crippen MR) is 84.6 cm³/mol. The average Bonchev–Trinajstić information content (AvgIpc) is 2.32. The number of nitrogens with one attached hydrogen (secondary N) is 1. The first-order chi connectivity index (χ1) is 9.29. The average molecular weight is 300 g/mol. The van der Waals surface area contributed by atoms with Gasteiger partial charge >= 0.3 is 0 Å². The van der Waals surface area contributed by atoms with Crippen molar-refractivity contribution in [2.75, 3.05) is 13.2 Å². The Hall–Kier alpha value is -0.770. The van der Waals surface area contributed by atoms with E-state index in [1.165, 1.54) is 0 Å². The topological polar surface area (TPSA) is 30.5 Å². The molecule has 0 radical (unpaired) electrons. The molecule has 1 aromatic rings. The van der Waals surface area contributed by atoms with Crippen LogP contribution in [0.5, 0.6) is 5.75 Å². The van der Waals surface area contributed by atoms with E-state index in [-0.39, 0.29) is 5.60 Å². The lowest BCUT2D eigenvalue weighted by molar-refractivity contribution is -0.0164. The number of hydrogen-bond acceptors (Lipinski definition) is 3. The van der Waals surface area contributed by atoms with E-state index in [9.17, 15) is 0 Å². The Bertz CT molecular complexity index is 413. The number of halogens is 1. The Morgan fingerprint density at radius 1 is 1.20 bits per heavy atom. The number of ether oxygens (including phenoxy) is 2. The van der Waals surface area contributed by atoms with Crippen molar-refractivity contribution >= 4 is 11.6 Å². The van der Waals surface area contributed by atoms with Crippen LogP contribution >= 0.6 is 11.6 Å². The number of hydrogen-bond donors (Lipinski definition) is 1. The molecular formula is C16H26ClNO2. The Kier molecular flexibility index (Phi) is 6.80. The second-order valence-corrected chi connectivity index (χ2v) is 6.47. The summed E-state index contributed by atoms with van der Waals surface area (Å²) in [4.78, 5) is 0. The van der Waals surface area contributed by atoms with Crippen LogP contribution in [0.2, 0.25) is 5.02 Å². The van der Waals surface area contributed by atoms with Gasteiger partial charge in [0.15, 0.2) is 0 Å². The van der Waals surface area contributed by atoms with Crippen molar-refractivity contribution in [1.29, 1.82) is 0 Å². The minimum absolute atomic E-state index is 0.139. The van der Waals surface area contributed by atoms with Gasteiger partial charge in [-0.15, -0.1) is 0 Å². The van der Waals surface area contributed by atoms with E-state index in [2.05, 4.69) is 19.2 Å². The maximum absolute atomic E-state index is 6.25. The second kappa shape index (κ2) is 7.87. The first-order valence-corrected chi connectivity index (χ1v) is 7.45. The van der Waals surface area contributed by atoms with Gasteiger partial charge in [0.05, 0.1) is 12.2 Å². The summed E-state index contributed by atoms with van der Waals surface area (Å²) in [6, 6.07) is 6.14. The van der Waals surface area contributed by atoms with Gasteiger partial charge in [-0.25, -0.2) is 0 Å². The van der Waals surface area contributed by atoms with Crippen LogP contribution in [0.4, 0.5) is 0 Å². The molecule has 0 spiro atoms. The maximum Gasteiger partial charge on any atom is 0.125 e. The van der Waals surface area contributed by atoms with Crippen LogP contribution in [0.15, 0.2) is 18.2 Å². The Labute approximate surface area is 127 Å². The minimum atomic E-state index is -0.139. The molecule has 4 heteroatoms. The largest absolute Gasteiger partial charge is 0.491 e. The standard InChI is InChI=1S/C16H26ClNO2/c1-12(2)18-11-13-14(17)7-6-8-15(13)19-9-10-20-16(3,4)5/h6-8,12,18H,9-11H2,1-5H3. The van der Waals surface area contributed by atoms with Crippen molar-refractivity contribution in [3.63, 3.8) is 0 Å². The normalized spacial score (nSPS) is 11.9. The zero-order valence-corrected chi connectivity index (χ0v) is 13.9. The molecular weight excluding hydrogens is 274 g/mol. The van der Waals surface area contributed by atoms with E-state index in [0.29, 0.717) is 25.8 Å². The molecule has 1 N–H and O–H groups in total. The lowest BCUT2D eigenvalue weighted by Gasteiger charge is -2.20. The van der Waals surface area contributed by atoms with E-state index in [0.717, 1.165) is 16.3 Å². The van der Waals surface area contributed by atoms with Crippen LogP contribution in [0.25, 0.3) is 0 Å². The fourth-order valence-corrected chi connectivity index (χ4v) is 1.88. The fourth-order valence-electron chi connectivity index (χ4n) is 1.65. The lowest BCUT2D eigenvalue weighted by Crippen LogP contribution is -2.24. The third kappa shape index (κ3) is 6.60. The molecule has 0 atom stereocenters. The summed E-state index contributed by atoms with van der Waals surface area (Å²) in [5, 5.41) is 4.09. The molecule has 0 saturated heterocycles. The van der Waals surface area contributed by atoms with Gasteiger partial charge < -0.3 is 14.8 Å². The first-order valence-electron chi connectivity index (χ1n) is 7.07. The molecule has 0 saturated carbocycles. The summed E-state index contributed by atoms with van der Waals surface area (Å²) < 4.78 is 11.4. The zero-order chi connectivity index (χ0) is 15.2. The highest BCUT2D eigenvalue weighted by Crippen LogP contribution is 2.26. The smallest absolute Gasteiger partial charge is 0.125 e. The van der Waals surface area contributed by atoms with Gasteiger partial charge in [-0.2, -0.15) is 0 Å². The summed E-state index contributed by atoms with van der Waals surface area (Å²) in [7, 11) is 0. The fraction of sp³-hybridized carbons (Fsp3) is 0.625. The van der Waals surface area contributed by atoms with E-state index < -0.39 is 0 Å². The van der Waals surface area contributed by atoms with Crippen molar-refractivity contribution in [1.82, 2.24) is 5.32 Å². The van der Waals surface area contributed by atoms with E-state index in [1.807, 2.05) is 39.0 Å². The van der Waals surface area contributed by atoms with E-state index in [1.54, 1.807) is 0 Å². The molecule has 0 amide bonds. The van der Waals surface area contributed by atoms with Crippen LogP contribution < -0.4 is 10.1 Å². The summed E-state index contributed by atoms with van der Waals surface area (Å²) in [6.07, 6.45) is 0. The molecule has 0 unspecified atom stereocenters. The Morgan fingerprint density at radius 2 is 1.90 bits per heavy atom. The molecule has 0 heterocycles. The lowest BCUT2D eigenvalue weighted by atomic mass is 10.2. The van der Waals surface area contributed by atoms with Crippen LogP contribution in [-0.2, 0) is 11.3 Å². The highest BCUT2D eigenvalue weighted by atomic mass is 35.5. The van der Waals surface area contributed by atoms with Crippen LogP contribution in [0, 0.1) is 0 Å². The van der Waals surface area contributed by atoms with Crippen molar-refractivity contribution < 1.29 is 9.47 Å². The molecule has 0 bridgehead atoms. The molecule has 0 aliphatic carbocycles. The molecule has 0 fully saturated rings. The predicted octanol–water partition coefficient (Wildman–Crippen LogP) is 4.03. The van der Waals surface area contributed by atoms with Crippen LogP contribution in [-0.4, -0.2) is 24.9 Å². The SMILES string of the molecule is CC(C)NCc1c(Cl)cccc1OCCOC(C)(C)C. The summed E-state index contributed by atoms with van der Waals surface area (Å²) in [6.45, 7) is 12.1. The summed E-state index contributed by atoms with van der Waals surface area (Å²) >= 11 is 6.25. The van der Waals surface area contributed by atoms with E-state index in [4.69, 9.17) is 21.1 Å².